The van der Waals surface area contributed by atoms with Crippen molar-refractivity contribution in [2.45, 2.75) is 37.8 Å². The highest BCUT2D eigenvalue weighted by Crippen LogP contribution is 2.50. The van der Waals surface area contributed by atoms with Crippen LogP contribution in [0, 0.1) is 0 Å². The van der Waals surface area contributed by atoms with Crippen LogP contribution in [0.5, 0.6) is 5.75 Å². The van der Waals surface area contributed by atoms with Crippen LogP contribution in [0.2, 0.25) is 0 Å². The third-order valence-corrected chi connectivity index (χ3v) is 3.66. The van der Waals surface area contributed by atoms with Crippen LogP contribution in [0.3, 0.4) is 0 Å². The molecule has 1 aliphatic heterocycles. The van der Waals surface area contributed by atoms with Gasteiger partial charge in [0.15, 0.2) is 5.60 Å². The van der Waals surface area contributed by atoms with Crippen LogP contribution < -0.4 is 10.1 Å². The van der Waals surface area contributed by atoms with Crippen molar-refractivity contribution in [1.29, 1.82) is 0 Å². The molecule has 0 aromatic heterocycles. The monoisotopic (exact) mass is 258 g/mol. The number of anilines is 1. The van der Waals surface area contributed by atoms with Gasteiger partial charge in [-0.3, -0.25) is 4.79 Å². The van der Waals surface area contributed by atoms with E-state index in [1.165, 1.54) is 0 Å². The molecule has 0 bridgehead atoms. The summed E-state index contributed by atoms with van der Waals surface area (Å²) in [6, 6.07) is 5.53. The smallest absolute Gasteiger partial charge is 0.268 e. The molecule has 5 heteroatoms. The van der Waals surface area contributed by atoms with Gasteiger partial charge in [0, 0.05) is 0 Å². The van der Waals surface area contributed by atoms with E-state index in [0.717, 1.165) is 18.4 Å². The van der Waals surface area contributed by atoms with E-state index in [1.807, 2.05) is 18.2 Å². The Kier molecular flexibility index (Phi) is 2.31. The number of nitrogens with zero attached hydrogens (tertiary/aromatic N) is 1. The normalized spacial score (nSPS) is 21.5. The average molecular weight is 258 g/mol. The highest BCUT2D eigenvalue weighted by Gasteiger charge is 2.45. The highest BCUT2D eigenvalue weighted by atomic mass is 16.5. The Balaban J connectivity index is 2.00. The Morgan fingerprint density at radius 3 is 2.74 bits per heavy atom. The van der Waals surface area contributed by atoms with Crippen molar-refractivity contribution in [1.82, 2.24) is 0 Å². The Labute approximate surface area is 110 Å². The minimum absolute atomic E-state index is 0.180. The van der Waals surface area contributed by atoms with Gasteiger partial charge in [-0.25, -0.2) is 4.79 Å². The van der Waals surface area contributed by atoms with Crippen molar-refractivity contribution >= 4 is 17.7 Å². The van der Waals surface area contributed by atoms with Gasteiger partial charge in [0.1, 0.15) is 5.75 Å². The lowest BCUT2D eigenvalue weighted by Crippen LogP contribution is -2.45. The zero-order chi connectivity index (χ0) is 13.7. The molecule has 0 unspecified atom stereocenters. The molecule has 1 amide bonds. The number of fused-ring (bicyclic) bond motifs is 1. The highest BCUT2D eigenvalue weighted by molar-refractivity contribution is 6.00. The van der Waals surface area contributed by atoms with Crippen LogP contribution in [0.15, 0.2) is 23.2 Å². The van der Waals surface area contributed by atoms with Crippen LogP contribution in [0.4, 0.5) is 5.69 Å². The van der Waals surface area contributed by atoms with Crippen LogP contribution in [-0.2, 0) is 15.1 Å². The van der Waals surface area contributed by atoms with Gasteiger partial charge in [0.25, 0.3) is 5.91 Å². The van der Waals surface area contributed by atoms with E-state index < -0.39 is 11.1 Å². The average Bonchev–Trinajstić information content (AvgIpc) is 3.11. The predicted octanol–water partition coefficient (Wildman–Crippen LogP) is 2.12. The fraction of sp³-hybridized carbons (Fsp3) is 0.429. The lowest BCUT2D eigenvalue weighted by Gasteiger charge is -2.32. The Morgan fingerprint density at radius 2 is 2.11 bits per heavy atom. The molecule has 0 radical (unpaired) electrons. The molecule has 0 spiro atoms. The molecular weight excluding hydrogens is 244 g/mol. The summed E-state index contributed by atoms with van der Waals surface area (Å²) in [5.41, 5.74) is 0.244. The fourth-order valence-electron chi connectivity index (χ4n) is 2.27. The summed E-state index contributed by atoms with van der Waals surface area (Å²) in [7, 11) is 0. The lowest BCUT2D eigenvalue weighted by molar-refractivity contribution is -0.129. The summed E-state index contributed by atoms with van der Waals surface area (Å²) < 4.78 is 5.66. The predicted molar refractivity (Wildman–Crippen MR) is 68.8 cm³/mol. The number of hydrogen-bond donors (Lipinski definition) is 1. The molecule has 5 nitrogen and oxygen atoms in total. The van der Waals surface area contributed by atoms with Crippen molar-refractivity contribution in [3.8, 4) is 5.75 Å². The second kappa shape index (κ2) is 3.68. The van der Waals surface area contributed by atoms with E-state index in [4.69, 9.17) is 4.74 Å². The molecule has 1 heterocycles. The van der Waals surface area contributed by atoms with Crippen LogP contribution in [0.25, 0.3) is 0 Å². The first-order valence-electron chi connectivity index (χ1n) is 6.21. The van der Waals surface area contributed by atoms with E-state index in [2.05, 4.69) is 10.3 Å². The Morgan fingerprint density at radius 1 is 1.37 bits per heavy atom. The number of ether oxygens (including phenoxy) is 1. The number of isocyanates is 1. The number of amides is 1. The van der Waals surface area contributed by atoms with E-state index in [-0.39, 0.29) is 5.91 Å². The zero-order valence-electron chi connectivity index (χ0n) is 10.8. The lowest BCUT2D eigenvalue weighted by atomic mass is 10.0. The maximum atomic E-state index is 11.9. The summed E-state index contributed by atoms with van der Waals surface area (Å²) in [5.74, 6) is 0.458. The Bertz CT molecular complexity index is 611. The number of hydrogen-bond acceptors (Lipinski definition) is 4. The van der Waals surface area contributed by atoms with E-state index in [9.17, 15) is 9.59 Å². The van der Waals surface area contributed by atoms with Crippen LogP contribution in [-0.4, -0.2) is 17.6 Å². The van der Waals surface area contributed by atoms with Crippen LogP contribution in [0.1, 0.15) is 32.3 Å². The minimum atomic E-state index is -0.868. The van der Waals surface area contributed by atoms with Crippen molar-refractivity contribution in [3.63, 3.8) is 0 Å². The summed E-state index contributed by atoms with van der Waals surface area (Å²) in [6.45, 7) is 3.44. The second-order valence-electron chi connectivity index (χ2n) is 5.51. The molecule has 1 fully saturated rings. The van der Waals surface area contributed by atoms with E-state index in [0.29, 0.717) is 11.4 Å². The molecule has 1 aliphatic carbocycles. The van der Waals surface area contributed by atoms with Crippen molar-refractivity contribution < 1.29 is 14.3 Å². The molecule has 1 aromatic rings. The maximum Gasteiger partial charge on any atom is 0.268 e. The zero-order valence-corrected chi connectivity index (χ0v) is 10.8. The van der Waals surface area contributed by atoms with Crippen LogP contribution >= 0.6 is 0 Å². The molecule has 0 saturated heterocycles. The third kappa shape index (κ3) is 1.83. The van der Waals surface area contributed by atoms with E-state index in [1.54, 1.807) is 19.9 Å². The van der Waals surface area contributed by atoms with Gasteiger partial charge in [-0.05, 0) is 44.4 Å². The van der Waals surface area contributed by atoms with Gasteiger partial charge in [0.05, 0.1) is 11.2 Å². The topological polar surface area (TPSA) is 67.8 Å². The summed E-state index contributed by atoms with van der Waals surface area (Å²) >= 11 is 0. The molecule has 98 valence electrons. The van der Waals surface area contributed by atoms with Gasteiger partial charge in [-0.1, -0.05) is 6.07 Å². The number of aliphatic imine (C=N–C) groups is 1. The van der Waals surface area contributed by atoms with Crippen molar-refractivity contribution in [3.05, 3.63) is 23.8 Å². The number of carbonyl (C=O) groups excluding carboxylic acids is 2. The largest absolute Gasteiger partial charge is 0.476 e. The summed E-state index contributed by atoms with van der Waals surface area (Å²) in [6.07, 6.45) is 3.30. The SMILES string of the molecule is CC1(C)Oc2ccc(C3(N=C=O)CC3)cc2NC1=O. The molecule has 0 atom stereocenters. The van der Waals surface area contributed by atoms with Gasteiger partial charge < -0.3 is 10.1 Å². The van der Waals surface area contributed by atoms with Gasteiger partial charge in [-0.15, -0.1) is 0 Å². The molecule has 2 aliphatic rings. The third-order valence-electron chi connectivity index (χ3n) is 3.66. The van der Waals surface area contributed by atoms with Crippen molar-refractivity contribution in [2.75, 3.05) is 5.32 Å². The summed E-state index contributed by atoms with van der Waals surface area (Å²) in [5, 5.41) is 2.83. The molecule has 1 saturated carbocycles. The second-order valence-corrected chi connectivity index (χ2v) is 5.51. The number of nitrogens with one attached hydrogen (secondary N) is 1. The molecule has 19 heavy (non-hydrogen) atoms. The summed E-state index contributed by atoms with van der Waals surface area (Å²) in [4.78, 5) is 26.2. The van der Waals surface area contributed by atoms with Crippen molar-refractivity contribution in [2.24, 2.45) is 4.99 Å². The number of benzene rings is 1. The van der Waals surface area contributed by atoms with Gasteiger partial charge >= 0.3 is 0 Å². The molecule has 3 rings (SSSR count). The first-order chi connectivity index (χ1) is 8.97. The van der Waals surface area contributed by atoms with Gasteiger partial charge in [-0.2, -0.15) is 4.99 Å². The quantitative estimate of drug-likeness (QED) is 0.652. The maximum absolute atomic E-state index is 11.9. The molecule has 1 N–H and O–H groups in total. The molecule has 1 aromatic carbocycles. The molecular formula is C14H14N2O3. The fourth-order valence-corrected chi connectivity index (χ4v) is 2.27. The number of rotatable bonds is 2. The van der Waals surface area contributed by atoms with E-state index >= 15 is 0 Å². The first-order valence-corrected chi connectivity index (χ1v) is 6.21. The van der Waals surface area contributed by atoms with Gasteiger partial charge in [0.2, 0.25) is 6.08 Å². The standard InChI is InChI=1S/C14H14N2O3/c1-13(2)12(18)16-10-7-9(3-4-11(10)19-13)14(5-6-14)15-8-17/h3-4,7H,5-6H2,1-2H3,(H,16,18). The minimum Gasteiger partial charge on any atom is -0.476 e. The Hall–Kier alpha value is -2.13. The first kappa shape index (κ1) is 11.9. The number of carbonyl (C=O) groups is 1.